The number of nitrogens with zero attached hydrogens (tertiary/aromatic N) is 2. The summed E-state index contributed by atoms with van der Waals surface area (Å²) in [5, 5.41) is 2.14. The fourth-order valence-electron chi connectivity index (χ4n) is 10.9. The highest BCUT2D eigenvalue weighted by Crippen LogP contribution is 2.61. The third-order valence-corrected chi connectivity index (χ3v) is 13.7. The van der Waals surface area contributed by atoms with Crippen LogP contribution in [0.15, 0.2) is 235 Å². The van der Waals surface area contributed by atoms with Gasteiger partial charge in [0.2, 0.25) is 0 Å². The van der Waals surface area contributed by atoms with E-state index in [1.54, 1.807) is 0 Å². The summed E-state index contributed by atoms with van der Waals surface area (Å²) in [6.07, 6.45) is 0. The third kappa shape index (κ3) is 5.22. The molecular weight excluding hydrogens is 809 g/mol. The maximum absolute atomic E-state index is 6.65. The summed E-state index contributed by atoms with van der Waals surface area (Å²) >= 11 is 0. The molecule has 66 heavy (non-hydrogen) atoms. The van der Waals surface area contributed by atoms with Crippen molar-refractivity contribution in [3.05, 3.63) is 253 Å². The summed E-state index contributed by atoms with van der Waals surface area (Å²) in [5.74, 6) is 3.15. The summed E-state index contributed by atoms with van der Waals surface area (Å²) in [6.45, 7) is 0. The molecule has 2 aliphatic heterocycles. The van der Waals surface area contributed by atoms with Crippen LogP contribution in [-0.2, 0) is 5.41 Å². The lowest BCUT2D eigenvalue weighted by molar-refractivity contribution is 0.446. The molecule has 5 nitrogen and oxygen atoms in total. The second-order valence-electron chi connectivity index (χ2n) is 17.2. The second kappa shape index (κ2) is 14.1. The number of anilines is 6. The lowest BCUT2D eigenvalue weighted by Gasteiger charge is -2.37. The summed E-state index contributed by atoms with van der Waals surface area (Å²) < 4.78 is 19.5. The average molecular weight is 847 g/mol. The van der Waals surface area contributed by atoms with Gasteiger partial charge in [-0.15, -0.1) is 0 Å². The molecule has 0 unspecified atom stereocenters. The molecule has 3 heterocycles. The average Bonchev–Trinajstić information content (AvgIpc) is 3.91. The number of para-hydroxylation sites is 4. The molecule has 1 aliphatic carbocycles. The SMILES string of the molecule is c1ccc(C2(c3ccccc3)c3ccccc3-c3ccc(N(c4ccc(-c5ccc6c(c5)Oc5cccc7c5N6c5ccccc5O7)cc4)c4cccc5oc6ccccc6c45)cc32)cc1. The Hall–Kier alpha value is -8.80. The third-order valence-electron chi connectivity index (χ3n) is 13.7. The van der Waals surface area contributed by atoms with Crippen molar-refractivity contribution in [1.29, 1.82) is 0 Å². The summed E-state index contributed by atoms with van der Waals surface area (Å²) in [5.41, 5.74) is 16.8. The Morgan fingerprint density at radius 1 is 0.394 bits per heavy atom. The Bertz CT molecular complexity index is 3690. The second-order valence-corrected chi connectivity index (χ2v) is 17.2. The quantitative estimate of drug-likeness (QED) is 0.167. The Balaban J connectivity index is 0.941. The van der Waals surface area contributed by atoms with Crippen LogP contribution in [0.3, 0.4) is 0 Å². The van der Waals surface area contributed by atoms with Crippen molar-refractivity contribution >= 4 is 56.1 Å². The van der Waals surface area contributed by atoms with E-state index in [1.165, 1.54) is 33.4 Å². The smallest absolute Gasteiger partial charge is 0.155 e. The van der Waals surface area contributed by atoms with Gasteiger partial charge in [-0.3, -0.25) is 4.90 Å². The largest absolute Gasteiger partial charge is 0.456 e. The van der Waals surface area contributed by atoms with Gasteiger partial charge in [0.15, 0.2) is 23.0 Å². The molecule has 0 spiro atoms. The minimum atomic E-state index is -0.547. The van der Waals surface area contributed by atoms with Gasteiger partial charge in [-0.25, -0.2) is 0 Å². The van der Waals surface area contributed by atoms with E-state index in [1.807, 2.05) is 42.5 Å². The number of furan rings is 1. The van der Waals surface area contributed by atoms with E-state index in [9.17, 15) is 0 Å². The fourth-order valence-corrected chi connectivity index (χ4v) is 10.9. The first-order chi connectivity index (χ1) is 32.7. The van der Waals surface area contributed by atoms with Gasteiger partial charge in [0.05, 0.1) is 27.9 Å². The Morgan fingerprint density at radius 3 is 1.82 bits per heavy atom. The summed E-state index contributed by atoms with van der Waals surface area (Å²) in [6, 6.07) is 82.2. The molecular formula is C61H38N2O3. The molecule has 0 saturated heterocycles. The lowest BCUT2D eigenvalue weighted by atomic mass is 9.67. The molecule has 0 bridgehead atoms. The van der Waals surface area contributed by atoms with Gasteiger partial charge in [0, 0.05) is 16.8 Å². The number of ether oxygens (including phenoxy) is 2. The lowest BCUT2D eigenvalue weighted by Crippen LogP contribution is -2.28. The van der Waals surface area contributed by atoms with Gasteiger partial charge in [0.1, 0.15) is 16.9 Å². The van der Waals surface area contributed by atoms with Crippen molar-refractivity contribution in [2.45, 2.75) is 5.41 Å². The standard InChI is InChI=1S/C61H38N2O3/c1-3-15-41(16-4-1)61(42-17-5-2-6-18-42)48-21-9-7-19-45(48)46-35-34-44(38-49(46)61)62(52-23-13-26-55-59(52)47-20-8-11-24-53(47)64-55)43-32-29-39(30-33-43)40-31-36-51-58(37-40)66-57-28-14-27-56-60(57)63(51)50-22-10-12-25-54(50)65-56/h1-38H. The Kier molecular flexibility index (Phi) is 7.83. The van der Waals surface area contributed by atoms with Crippen LogP contribution in [0.2, 0.25) is 0 Å². The topological polar surface area (TPSA) is 38.1 Å². The molecule has 310 valence electrons. The van der Waals surface area contributed by atoms with Crippen molar-refractivity contribution in [2.24, 2.45) is 0 Å². The van der Waals surface area contributed by atoms with Gasteiger partial charge in [-0.05, 0) is 123 Å². The van der Waals surface area contributed by atoms with Crippen LogP contribution in [0.25, 0.3) is 44.2 Å². The van der Waals surface area contributed by atoms with Crippen molar-refractivity contribution in [3.63, 3.8) is 0 Å². The van der Waals surface area contributed by atoms with Crippen LogP contribution in [0.1, 0.15) is 22.3 Å². The summed E-state index contributed by atoms with van der Waals surface area (Å²) in [7, 11) is 0. The number of benzene rings is 10. The number of rotatable bonds is 6. The Labute approximate surface area is 381 Å². The first kappa shape index (κ1) is 36.7. The van der Waals surface area contributed by atoms with Crippen LogP contribution < -0.4 is 19.3 Å². The van der Waals surface area contributed by atoms with Gasteiger partial charge in [-0.2, -0.15) is 0 Å². The zero-order valence-corrected chi connectivity index (χ0v) is 35.6. The maximum Gasteiger partial charge on any atom is 0.155 e. The molecule has 0 saturated carbocycles. The van der Waals surface area contributed by atoms with Gasteiger partial charge in [0.25, 0.3) is 0 Å². The molecule has 0 radical (unpaired) electrons. The van der Waals surface area contributed by atoms with Crippen molar-refractivity contribution in [1.82, 2.24) is 0 Å². The van der Waals surface area contributed by atoms with E-state index < -0.39 is 5.41 Å². The summed E-state index contributed by atoms with van der Waals surface area (Å²) in [4.78, 5) is 4.66. The first-order valence-electron chi connectivity index (χ1n) is 22.4. The zero-order chi connectivity index (χ0) is 43.3. The monoisotopic (exact) mass is 846 g/mol. The van der Waals surface area contributed by atoms with Gasteiger partial charge in [-0.1, -0.05) is 152 Å². The predicted molar refractivity (Wildman–Crippen MR) is 266 cm³/mol. The van der Waals surface area contributed by atoms with Crippen molar-refractivity contribution < 1.29 is 13.9 Å². The van der Waals surface area contributed by atoms with Crippen LogP contribution in [0.4, 0.5) is 34.1 Å². The van der Waals surface area contributed by atoms with Crippen LogP contribution in [0.5, 0.6) is 23.0 Å². The predicted octanol–water partition coefficient (Wildman–Crippen LogP) is 16.8. The molecule has 1 aromatic heterocycles. The van der Waals surface area contributed by atoms with E-state index >= 15 is 0 Å². The highest BCUT2D eigenvalue weighted by atomic mass is 16.5. The molecule has 0 N–H and O–H groups in total. The number of fused-ring (bicyclic) bond motifs is 10. The highest BCUT2D eigenvalue weighted by Gasteiger charge is 2.46. The maximum atomic E-state index is 6.65. The number of hydrogen-bond acceptors (Lipinski definition) is 5. The van der Waals surface area contributed by atoms with Crippen molar-refractivity contribution in [3.8, 4) is 45.3 Å². The molecule has 0 atom stereocenters. The molecule has 14 rings (SSSR count). The molecule has 0 amide bonds. The van der Waals surface area contributed by atoms with E-state index in [0.717, 1.165) is 90.2 Å². The van der Waals surface area contributed by atoms with Crippen LogP contribution in [0, 0.1) is 0 Å². The van der Waals surface area contributed by atoms with E-state index in [-0.39, 0.29) is 0 Å². The molecule has 10 aromatic carbocycles. The fraction of sp³-hybridized carbons (Fsp3) is 0.0164. The van der Waals surface area contributed by atoms with Crippen LogP contribution in [-0.4, -0.2) is 0 Å². The molecule has 0 fully saturated rings. The van der Waals surface area contributed by atoms with Gasteiger partial charge >= 0.3 is 0 Å². The molecule has 11 aromatic rings. The minimum absolute atomic E-state index is 0.547. The van der Waals surface area contributed by atoms with Crippen molar-refractivity contribution in [2.75, 3.05) is 9.80 Å². The molecule has 5 heteroatoms. The van der Waals surface area contributed by atoms with Gasteiger partial charge < -0.3 is 18.8 Å². The van der Waals surface area contributed by atoms with E-state index in [0.29, 0.717) is 0 Å². The minimum Gasteiger partial charge on any atom is -0.456 e. The Morgan fingerprint density at radius 2 is 1.00 bits per heavy atom. The number of hydrogen-bond donors (Lipinski definition) is 0. The molecule has 3 aliphatic rings. The van der Waals surface area contributed by atoms with E-state index in [4.69, 9.17) is 13.9 Å². The van der Waals surface area contributed by atoms with Crippen LogP contribution >= 0.6 is 0 Å². The normalized spacial score (nSPS) is 13.5. The zero-order valence-electron chi connectivity index (χ0n) is 35.6. The first-order valence-corrected chi connectivity index (χ1v) is 22.4. The van der Waals surface area contributed by atoms with E-state index in [2.05, 4.69) is 198 Å². The highest BCUT2D eigenvalue weighted by molar-refractivity contribution is 6.13.